The van der Waals surface area contributed by atoms with Crippen molar-refractivity contribution in [2.24, 2.45) is 0 Å². The van der Waals surface area contributed by atoms with Gasteiger partial charge in [-0.15, -0.1) is 0 Å². The van der Waals surface area contributed by atoms with E-state index in [1.165, 1.54) is 6.07 Å². The average molecular weight is 182 g/mol. The van der Waals surface area contributed by atoms with Crippen LogP contribution < -0.4 is 0 Å². The van der Waals surface area contributed by atoms with Crippen LogP contribution in [0.1, 0.15) is 36.8 Å². The molecule has 0 spiro atoms. The topological polar surface area (TPSA) is 0 Å². The molecule has 0 radical (unpaired) electrons. The fraction of sp³-hybridized carbons (Fsp3) is 0.455. The summed E-state index contributed by atoms with van der Waals surface area (Å²) in [6, 6.07) is 6.79. The van der Waals surface area contributed by atoms with Crippen molar-refractivity contribution in [3.63, 3.8) is 0 Å². The van der Waals surface area contributed by atoms with Crippen LogP contribution in [0.4, 0.5) is 8.78 Å². The van der Waals surface area contributed by atoms with Crippen LogP contribution in [-0.2, 0) is 5.92 Å². The largest absolute Gasteiger partial charge is 0.270 e. The third-order valence-electron chi connectivity index (χ3n) is 2.44. The number of halogens is 2. The van der Waals surface area contributed by atoms with Gasteiger partial charge in [0.25, 0.3) is 5.92 Å². The molecule has 1 aromatic rings. The zero-order valence-corrected chi connectivity index (χ0v) is 7.56. The van der Waals surface area contributed by atoms with Crippen LogP contribution in [0.5, 0.6) is 0 Å². The molecule has 0 heterocycles. The highest BCUT2D eigenvalue weighted by Gasteiger charge is 2.28. The van der Waals surface area contributed by atoms with Gasteiger partial charge in [-0.05, 0) is 30.4 Å². The van der Waals surface area contributed by atoms with E-state index in [-0.39, 0.29) is 5.56 Å². The normalized spacial score (nSPS) is 17.5. The van der Waals surface area contributed by atoms with Crippen LogP contribution in [0.3, 0.4) is 0 Å². The minimum atomic E-state index is -2.70. The zero-order valence-electron chi connectivity index (χ0n) is 7.56. The van der Waals surface area contributed by atoms with Crippen molar-refractivity contribution in [2.45, 2.75) is 31.6 Å². The van der Waals surface area contributed by atoms with E-state index < -0.39 is 5.92 Å². The minimum Gasteiger partial charge on any atom is -0.202 e. The van der Waals surface area contributed by atoms with E-state index in [1.54, 1.807) is 12.1 Å². The van der Waals surface area contributed by atoms with Gasteiger partial charge in [-0.2, -0.15) is 0 Å². The molecule has 1 aliphatic rings. The summed E-state index contributed by atoms with van der Waals surface area (Å²) >= 11 is 0. The molecule has 13 heavy (non-hydrogen) atoms. The molecule has 0 amide bonds. The van der Waals surface area contributed by atoms with Crippen molar-refractivity contribution >= 4 is 0 Å². The van der Waals surface area contributed by atoms with Crippen LogP contribution >= 0.6 is 0 Å². The molecule has 1 fully saturated rings. The molecule has 1 saturated carbocycles. The van der Waals surface area contributed by atoms with Crippen LogP contribution in [-0.4, -0.2) is 0 Å². The molecule has 2 heteroatoms. The van der Waals surface area contributed by atoms with Crippen molar-refractivity contribution in [1.82, 2.24) is 0 Å². The Morgan fingerprint density at radius 2 is 2.00 bits per heavy atom. The number of hydrogen-bond acceptors (Lipinski definition) is 0. The van der Waals surface area contributed by atoms with E-state index in [4.69, 9.17) is 0 Å². The Kier molecular flexibility index (Phi) is 1.86. The highest BCUT2D eigenvalue weighted by Crippen LogP contribution is 2.41. The van der Waals surface area contributed by atoms with Crippen LogP contribution in [0.25, 0.3) is 0 Å². The van der Waals surface area contributed by atoms with Crippen LogP contribution in [0, 0.1) is 0 Å². The molecule has 0 aliphatic heterocycles. The first kappa shape index (κ1) is 8.67. The summed E-state index contributed by atoms with van der Waals surface area (Å²) in [5.74, 6) is -2.16. The first-order chi connectivity index (χ1) is 6.07. The predicted molar refractivity (Wildman–Crippen MR) is 48.0 cm³/mol. The van der Waals surface area contributed by atoms with Crippen LogP contribution in [0.2, 0.25) is 0 Å². The summed E-state index contributed by atoms with van der Waals surface area (Å²) < 4.78 is 25.8. The highest BCUT2D eigenvalue weighted by molar-refractivity contribution is 5.31. The second-order valence-electron chi connectivity index (χ2n) is 3.79. The van der Waals surface area contributed by atoms with Crippen molar-refractivity contribution in [3.05, 3.63) is 35.4 Å². The molecule has 2 rings (SSSR count). The van der Waals surface area contributed by atoms with E-state index >= 15 is 0 Å². The second kappa shape index (κ2) is 2.79. The van der Waals surface area contributed by atoms with Gasteiger partial charge in [0.2, 0.25) is 0 Å². The van der Waals surface area contributed by atoms with Gasteiger partial charge in [-0.1, -0.05) is 18.2 Å². The SMILES string of the molecule is CC(F)(F)c1cccc(C2CC2)c1. The summed E-state index contributed by atoms with van der Waals surface area (Å²) in [6.07, 6.45) is 2.30. The maximum atomic E-state index is 12.9. The van der Waals surface area contributed by atoms with E-state index in [9.17, 15) is 8.78 Å². The Labute approximate surface area is 76.6 Å². The lowest BCUT2D eigenvalue weighted by atomic mass is 10.0. The Balaban J connectivity index is 2.32. The van der Waals surface area contributed by atoms with Gasteiger partial charge in [-0.25, -0.2) is 8.78 Å². The second-order valence-corrected chi connectivity index (χ2v) is 3.79. The molecule has 1 aromatic carbocycles. The standard InChI is InChI=1S/C11H12F2/c1-11(12,13)10-4-2-3-9(7-10)8-5-6-8/h2-4,7-8H,5-6H2,1H3. The molecule has 0 nitrogen and oxygen atoms in total. The van der Waals surface area contributed by atoms with Crippen LogP contribution in [0.15, 0.2) is 24.3 Å². The fourth-order valence-electron chi connectivity index (χ4n) is 1.48. The van der Waals surface area contributed by atoms with E-state index in [0.29, 0.717) is 5.92 Å². The summed E-state index contributed by atoms with van der Waals surface area (Å²) in [6.45, 7) is 0.943. The van der Waals surface area contributed by atoms with Crippen molar-refractivity contribution in [1.29, 1.82) is 0 Å². The molecule has 70 valence electrons. The molecular weight excluding hydrogens is 170 g/mol. The maximum Gasteiger partial charge on any atom is 0.270 e. The first-order valence-electron chi connectivity index (χ1n) is 4.55. The number of alkyl halides is 2. The maximum absolute atomic E-state index is 12.9. The molecule has 0 bridgehead atoms. The molecule has 1 aliphatic carbocycles. The van der Waals surface area contributed by atoms with Gasteiger partial charge < -0.3 is 0 Å². The predicted octanol–water partition coefficient (Wildman–Crippen LogP) is 3.68. The number of benzene rings is 1. The number of rotatable bonds is 2. The zero-order chi connectivity index (χ0) is 9.47. The van der Waals surface area contributed by atoms with Gasteiger partial charge in [0.05, 0.1) is 0 Å². The quantitative estimate of drug-likeness (QED) is 0.654. The Morgan fingerprint density at radius 3 is 2.54 bits per heavy atom. The van der Waals surface area contributed by atoms with E-state index in [2.05, 4.69) is 0 Å². The van der Waals surface area contributed by atoms with Gasteiger partial charge in [0, 0.05) is 12.5 Å². The smallest absolute Gasteiger partial charge is 0.202 e. The summed E-state index contributed by atoms with van der Waals surface area (Å²) in [7, 11) is 0. The Hall–Kier alpha value is -0.920. The van der Waals surface area contributed by atoms with E-state index in [1.807, 2.05) is 6.07 Å². The van der Waals surface area contributed by atoms with Crippen molar-refractivity contribution in [2.75, 3.05) is 0 Å². The minimum absolute atomic E-state index is 0.136. The number of hydrogen-bond donors (Lipinski definition) is 0. The average Bonchev–Trinajstić information content (AvgIpc) is 2.85. The summed E-state index contributed by atoms with van der Waals surface area (Å²) in [5.41, 5.74) is 1.20. The fourth-order valence-corrected chi connectivity index (χ4v) is 1.48. The lowest BCUT2D eigenvalue weighted by Crippen LogP contribution is -2.06. The molecule has 0 saturated heterocycles. The van der Waals surface area contributed by atoms with Gasteiger partial charge >= 0.3 is 0 Å². The third-order valence-corrected chi connectivity index (χ3v) is 2.44. The monoisotopic (exact) mass is 182 g/mol. The first-order valence-corrected chi connectivity index (χ1v) is 4.55. The van der Waals surface area contributed by atoms with Gasteiger partial charge in [0.15, 0.2) is 0 Å². The highest BCUT2D eigenvalue weighted by atomic mass is 19.3. The van der Waals surface area contributed by atoms with Crippen molar-refractivity contribution < 1.29 is 8.78 Å². The Bertz CT molecular complexity index is 308. The molecule has 0 unspecified atom stereocenters. The van der Waals surface area contributed by atoms with Gasteiger partial charge in [0.1, 0.15) is 0 Å². The lowest BCUT2D eigenvalue weighted by molar-refractivity contribution is 0.0174. The van der Waals surface area contributed by atoms with Crippen molar-refractivity contribution in [3.8, 4) is 0 Å². The molecule has 0 N–H and O–H groups in total. The molecule has 0 aromatic heterocycles. The summed E-state index contributed by atoms with van der Waals surface area (Å²) in [5, 5.41) is 0. The molecular formula is C11H12F2. The third kappa shape index (κ3) is 1.87. The van der Waals surface area contributed by atoms with E-state index in [0.717, 1.165) is 25.3 Å². The molecule has 0 atom stereocenters. The Morgan fingerprint density at radius 1 is 1.31 bits per heavy atom. The summed E-state index contributed by atoms with van der Waals surface area (Å²) in [4.78, 5) is 0. The lowest BCUT2D eigenvalue weighted by Gasteiger charge is -2.11. The van der Waals surface area contributed by atoms with Gasteiger partial charge in [-0.3, -0.25) is 0 Å².